The fraction of sp³-hybridized carbons (Fsp3) is 0.355. The average molecular weight is 582 g/mol. The predicted octanol–water partition coefficient (Wildman–Crippen LogP) is 6.71. The number of benzene rings is 3. The summed E-state index contributed by atoms with van der Waals surface area (Å²) in [5.41, 5.74) is 5.68. The summed E-state index contributed by atoms with van der Waals surface area (Å²) in [5, 5.41) is 3.08. The smallest absolute Gasteiger partial charge is 0.243 e. The minimum absolute atomic E-state index is 0.0324. The third-order valence-electron chi connectivity index (χ3n) is 5.97. The van der Waals surface area contributed by atoms with Gasteiger partial charge in [-0.2, -0.15) is 0 Å². The second kappa shape index (κ2) is 14.4. The molecule has 0 aromatic heterocycles. The maximum Gasteiger partial charge on any atom is 0.243 e. The lowest BCUT2D eigenvalue weighted by atomic mass is 10.0. The van der Waals surface area contributed by atoms with Gasteiger partial charge in [0.15, 0.2) is 0 Å². The van der Waals surface area contributed by atoms with Crippen LogP contribution in [0.4, 0.5) is 0 Å². The lowest BCUT2D eigenvalue weighted by Gasteiger charge is -2.32. The molecule has 0 heterocycles. The van der Waals surface area contributed by atoms with E-state index in [1.807, 2.05) is 54.6 Å². The first-order valence-electron chi connectivity index (χ1n) is 12.7. The molecule has 37 heavy (non-hydrogen) atoms. The number of nitrogens with zero attached hydrogens (tertiary/aromatic N) is 1. The second-order valence-corrected chi connectivity index (χ2v) is 11.9. The van der Waals surface area contributed by atoms with Crippen LogP contribution in [0.3, 0.4) is 0 Å². The quantitative estimate of drug-likeness (QED) is 0.259. The van der Waals surface area contributed by atoms with Crippen LogP contribution >= 0.6 is 27.7 Å². The van der Waals surface area contributed by atoms with Gasteiger partial charge in [0.05, 0.1) is 5.75 Å². The molecule has 3 rings (SSSR count). The van der Waals surface area contributed by atoms with Crippen molar-refractivity contribution >= 4 is 39.5 Å². The Labute approximate surface area is 234 Å². The van der Waals surface area contributed by atoms with E-state index in [9.17, 15) is 9.59 Å². The van der Waals surface area contributed by atoms with Crippen molar-refractivity contribution in [2.75, 3.05) is 12.3 Å². The van der Waals surface area contributed by atoms with E-state index in [1.54, 1.807) is 16.7 Å². The maximum atomic E-state index is 13.7. The van der Waals surface area contributed by atoms with Gasteiger partial charge in [0.2, 0.25) is 11.8 Å². The van der Waals surface area contributed by atoms with Gasteiger partial charge in [0.1, 0.15) is 6.04 Å². The summed E-state index contributed by atoms with van der Waals surface area (Å²) in [6.45, 7) is 9.27. The molecule has 0 aliphatic carbocycles. The predicted molar refractivity (Wildman–Crippen MR) is 159 cm³/mol. The van der Waals surface area contributed by atoms with Crippen molar-refractivity contribution in [1.29, 1.82) is 0 Å². The number of rotatable bonds is 12. The molecule has 0 fully saturated rings. The van der Waals surface area contributed by atoms with E-state index in [-0.39, 0.29) is 11.8 Å². The topological polar surface area (TPSA) is 49.4 Å². The first-order chi connectivity index (χ1) is 17.7. The van der Waals surface area contributed by atoms with E-state index in [0.29, 0.717) is 31.2 Å². The van der Waals surface area contributed by atoms with E-state index < -0.39 is 6.04 Å². The zero-order valence-electron chi connectivity index (χ0n) is 22.2. The van der Waals surface area contributed by atoms with Crippen LogP contribution in [0.25, 0.3) is 0 Å². The average Bonchev–Trinajstić information content (AvgIpc) is 2.84. The Hall–Kier alpha value is -2.57. The summed E-state index contributed by atoms with van der Waals surface area (Å²) in [6, 6.07) is 23.8. The number of aryl methyl sites for hydroxylation is 2. The highest BCUT2D eigenvalue weighted by atomic mass is 79.9. The Morgan fingerprint density at radius 2 is 1.57 bits per heavy atom. The number of carbonyl (C=O) groups excluding carboxylic acids is 2. The lowest BCUT2D eigenvalue weighted by molar-refractivity contribution is -0.139. The summed E-state index contributed by atoms with van der Waals surface area (Å²) in [6.07, 6.45) is 0.465. The molecule has 3 aromatic carbocycles. The molecule has 0 radical (unpaired) electrons. The Morgan fingerprint density at radius 1 is 0.892 bits per heavy atom. The minimum Gasteiger partial charge on any atom is -0.354 e. The van der Waals surface area contributed by atoms with Gasteiger partial charge >= 0.3 is 0 Å². The molecule has 0 saturated carbocycles. The van der Waals surface area contributed by atoms with E-state index in [1.165, 1.54) is 16.7 Å². The second-order valence-electron chi connectivity index (χ2n) is 9.98. The van der Waals surface area contributed by atoms with Gasteiger partial charge in [-0.3, -0.25) is 9.59 Å². The molecule has 0 bridgehead atoms. The number of carbonyl (C=O) groups is 2. The lowest BCUT2D eigenvalue weighted by Crippen LogP contribution is -2.51. The fourth-order valence-corrected chi connectivity index (χ4v) is 5.59. The van der Waals surface area contributed by atoms with Crippen molar-refractivity contribution in [3.63, 3.8) is 0 Å². The summed E-state index contributed by atoms with van der Waals surface area (Å²) >= 11 is 5.14. The van der Waals surface area contributed by atoms with Gasteiger partial charge in [0, 0.05) is 29.7 Å². The van der Waals surface area contributed by atoms with Crippen molar-refractivity contribution in [3.8, 4) is 0 Å². The van der Waals surface area contributed by atoms with Gasteiger partial charge < -0.3 is 10.2 Å². The molecule has 0 unspecified atom stereocenters. The van der Waals surface area contributed by atoms with Gasteiger partial charge in [-0.1, -0.05) is 102 Å². The number of thioether (sulfide) groups is 1. The summed E-state index contributed by atoms with van der Waals surface area (Å²) in [4.78, 5) is 29.0. The Bertz CT molecular complexity index is 1160. The van der Waals surface area contributed by atoms with E-state index in [4.69, 9.17) is 0 Å². The largest absolute Gasteiger partial charge is 0.354 e. The van der Waals surface area contributed by atoms with Crippen LogP contribution in [-0.4, -0.2) is 35.1 Å². The molecular weight excluding hydrogens is 544 g/mol. The SMILES string of the molecule is Cc1cc(C)cc(CSCC(=O)N(Cc2cccc(Br)c2)[C@@H](Cc2ccccc2)C(=O)NCC(C)C)c1. The molecule has 6 heteroatoms. The van der Waals surface area contributed by atoms with Crippen LogP contribution in [0.5, 0.6) is 0 Å². The molecule has 0 saturated heterocycles. The van der Waals surface area contributed by atoms with E-state index >= 15 is 0 Å². The standard InChI is InChI=1S/C31H37BrN2O2S/c1-22(2)18-33-31(36)29(17-25-9-6-5-7-10-25)34(19-26-11-8-12-28(32)16-26)30(35)21-37-20-27-14-23(3)13-24(4)15-27/h5-16,22,29H,17-21H2,1-4H3,(H,33,36)/t29-/m0/s1. The van der Waals surface area contributed by atoms with E-state index in [2.05, 4.69) is 67.1 Å². The molecule has 4 nitrogen and oxygen atoms in total. The molecule has 0 aliphatic rings. The number of nitrogens with one attached hydrogen (secondary N) is 1. The molecular formula is C31H37BrN2O2S. The zero-order chi connectivity index (χ0) is 26.8. The molecule has 196 valence electrons. The first kappa shape index (κ1) is 29.0. The van der Waals surface area contributed by atoms with Crippen molar-refractivity contribution in [1.82, 2.24) is 10.2 Å². The Morgan fingerprint density at radius 3 is 2.22 bits per heavy atom. The van der Waals surface area contributed by atoms with Crippen molar-refractivity contribution in [2.45, 2.75) is 52.5 Å². The van der Waals surface area contributed by atoms with Crippen LogP contribution in [0.2, 0.25) is 0 Å². The van der Waals surface area contributed by atoms with Crippen molar-refractivity contribution in [2.24, 2.45) is 5.92 Å². The molecule has 2 amide bonds. The first-order valence-corrected chi connectivity index (χ1v) is 14.7. The molecule has 1 N–H and O–H groups in total. The molecule has 0 aliphatic heterocycles. The van der Waals surface area contributed by atoms with Gasteiger partial charge in [-0.05, 0) is 48.6 Å². The van der Waals surface area contributed by atoms with Crippen molar-refractivity contribution in [3.05, 3.63) is 105 Å². The number of hydrogen-bond donors (Lipinski definition) is 1. The number of halogens is 1. The fourth-order valence-electron chi connectivity index (χ4n) is 4.30. The monoisotopic (exact) mass is 580 g/mol. The van der Waals surface area contributed by atoms with Gasteiger partial charge in [-0.25, -0.2) is 0 Å². The number of hydrogen-bond acceptors (Lipinski definition) is 3. The van der Waals surface area contributed by atoms with Crippen LogP contribution in [0.1, 0.15) is 41.7 Å². The van der Waals surface area contributed by atoms with Crippen LogP contribution in [0, 0.1) is 19.8 Å². The summed E-state index contributed by atoms with van der Waals surface area (Å²) in [7, 11) is 0. The third-order valence-corrected chi connectivity index (χ3v) is 7.46. The highest BCUT2D eigenvalue weighted by Gasteiger charge is 2.30. The van der Waals surface area contributed by atoms with Crippen molar-refractivity contribution < 1.29 is 9.59 Å². The van der Waals surface area contributed by atoms with E-state index in [0.717, 1.165) is 21.4 Å². The molecule has 3 aromatic rings. The Kier molecular flexibility index (Phi) is 11.3. The van der Waals surface area contributed by atoms with Crippen LogP contribution < -0.4 is 5.32 Å². The van der Waals surface area contributed by atoms with Gasteiger partial charge in [-0.15, -0.1) is 11.8 Å². The minimum atomic E-state index is -0.602. The zero-order valence-corrected chi connectivity index (χ0v) is 24.6. The number of amides is 2. The van der Waals surface area contributed by atoms with Crippen LogP contribution in [0.15, 0.2) is 77.3 Å². The van der Waals surface area contributed by atoms with Crippen LogP contribution in [-0.2, 0) is 28.3 Å². The summed E-state index contributed by atoms with van der Waals surface area (Å²) < 4.78 is 0.949. The molecule has 1 atom stereocenters. The highest BCUT2D eigenvalue weighted by molar-refractivity contribution is 9.10. The van der Waals surface area contributed by atoms with Gasteiger partial charge in [0.25, 0.3) is 0 Å². The third kappa shape index (κ3) is 9.67. The highest BCUT2D eigenvalue weighted by Crippen LogP contribution is 2.21. The normalized spacial score (nSPS) is 11.8. The Balaban J connectivity index is 1.85. The maximum absolute atomic E-state index is 13.7. The molecule has 0 spiro atoms. The summed E-state index contributed by atoms with van der Waals surface area (Å²) in [5.74, 6) is 1.24.